The molecule has 0 aromatic heterocycles. The lowest BCUT2D eigenvalue weighted by Crippen LogP contribution is -2.45. The summed E-state index contributed by atoms with van der Waals surface area (Å²) in [5.74, 6) is -0.0974. The zero-order chi connectivity index (χ0) is 26.5. The van der Waals surface area contributed by atoms with Crippen molar-refractivity contribution < 1.29 is 29.0 Å². The molecule has 1 fully saturated rings. The molecule has 1 rings (SSSR count). The lowest BCUT2D eigenvalue weighted by Gasteiger charge is -2.29. The van der Waals surface area contributed by atoms with Gasteiger partial charge in [0.25, 0.3) is 5.34 Å². The summed E-state index contributed by atoms with van der Waals surface area (Å²) >= 11 is 3.16. The van der Waals surface area contributed by atoms with Crippen molar-refractivity contribution in [3.8, 4) is 0 Å². The molecule has 36 heavy (non-hydrogen) atoms. The Morgan fingerprint density at radius 1 is 0.944 bits per heavy atom. The van der Waals surface area contributed by atoms with E-state index in [0.29, 0.717) is 17.6 Å². The molecule has 0 aromatic carbocycles. The van der Waals surface area contributed by atoms with Gasteiger partial charge in [0, 0.05) is 17.6 Å². The maximum Gasteiger partial charge on any atom is 0.351 e. The van der Waals surface area contributed by atoms with Crippen molar-refractivity contribution >= 4 is 38.0 Å². The van der Waals surface area contributed by atoms with E-state index >= 15 is 0 Å². The fourth-order valence-electron chi connectivity index (χ4n) is 4.31. The van der Waals surface area contributed by atoms with Crippen LogP contribution in [0.1, 0.15) is 117 Å². The first-order valence-electron chi connectivity index (χ1n) is 14.2. The maximum atomic E-state index is 11.7. The number of carbonyl (C=O) groups is 1. The van der Waals surface area contributed by atoms with E-state index in [4.69, 9.17) is 9.47 Å². The van der Waals surface area contributed by atoms with Gasteiger partial charge in [-0.05, 0) is 31.4 Å². The Balaban J connectivity index is 2.60. The van der Waals surface area contributed by atoms with E-state index < -0.39 is 25.2 Å². The number of hydrogen-bond acceptors (Lipinski definition) is 7. The molecule has 3 atom stereocenters. The van der Waals surface area contributed by atoms with Crippen molar-refractivity contribution in [2.75, 3.05) is 24.7 Å². The predicted molar refractivity (Wildman–Crippen MR) is 154 cm³/mol. The van der Waals surface area contributed by atoms with Crippen molar-refractivity contribution in [1.82, 2.24) is 0 Å². The van der Waals surface area contributed by atoms with Crippen LogP contribution in [0.4, 0.5) is 0 Å². The van der Waals surface area contributed by atoms with Crippen LogP contribution >= 0.6 is 32.0 Å². The lowest BCUT2D eigenvalue weighted by atomic mass is 10.0. The third-order valence-corrected chi connectivity index (χ3v) is 10.3. The number of carboxylic acids is 1. The van der Waals surface area contributed by atoms with E-state index in [1.807, 2.05) is 11.8 Å². The van der Waals surface area contributed by atoms with Crippen LogP contribution < -0.4 is 0 Å². The number of ether oxygens (including phenoxy) is 2. The highest BCUT2D eigenvalue weighted by Crippen LogP contribution is 2.35. The average Bonchev–Trinajstić information content (AvgIpc) is 2.89. The fourth-order valence-corrected chi connectivity index (χ4v) is 7.34. The molecule has 0 spiro atoms. The Morgan fingerprint density at radius 2 is 1.56 bits per heavy atom. The van der Waals surface area contributed by atoms with Crippen LogP contribution in [0.5, 0.6) is 0 Å². The van der Waals surface area contributed by atoms with Crippen molar-refractivity contribution in [3.05, 3.63) is 0 Å². The van der Waals surface area contributed by atoms with E-state index in [-0.39, 0.29) is 12.7 Å². The number of aliphatic carboxylic acids is 1. The first-order valence-corrected chi connectivity index (χ1v) is 17.2. The van der Waals surface area contributed by atoms with Crippen LogP contribution in [0.2, 0.25) is 0 Å². The molecule has 0 radical (unpaired) electrons. The summed E-state index contributed by atoms with van der Waals surface area (Å²) < 4.78 is 23.8. The van der Waals surface area contributed by atoms with Gasteiger partial charge in [-0.3, -0.25) is 4.57 Å². The topological polar surface area (TPSA) is 93.1 Å². The van der Waals surface area contributed by atoms with Gasteiger partial charge in [0.2, 0.25) is 8.46 Å². The monoisotopic (exact) mass is 566 g/mol. The van der Waals surface area contributed by atoms with Crippen molar-refractivity contribution in [2.45, 2.75) is 139 Å². The largest absolute Gasteiger partial charge is 0.478 e. The van der Waals surface area contributed by atoms with Gasteiger partial charge in [0.15, 0.2) is 5.44 Å². The highest BCUT2D eigenvalue weighted by molar-refractivity contribution is 8.00. The van der Waals surface area contributed by atoms with E-state index in [2.05, 4.69) is 13.8 Å². The minimum atomic E-state index is -2.46. The second kappa shape index (κ2) is 22.0. The van der Waals surface area contributed by atoms with Crippen LogP contribution in [0.25, 0.3) is 0 Å². The number of rotatable bonds is 24. The van der Waals surface area contributed by atoms with Crippen LogP contribution in [-0.2, 0) is 18.8 Å². The van der Waals surface area contributed by atoms with Crippen molar-refractivity contribution in [3.63, 3.8) is 0 Å². The second-order valence-corrected chi connectivity index (χ2v) is 13.3. The van der Waals surface area contributed by atoms with Gasteiger partial charge in [0.05, 0.1) is 12.7 Å². The number of hydrogen-bond donors (Lipinski definition) is 2. The zero-order valence-corrected chi connectivity index (χ0v) is 25.2. The molecule has 1 aliphatic rings. The number of thioether (sulfide) groups is 2. The molecule has 3 unspecified atom stereocenters. The SMILES string of the molecule is CCCCCCCCCCOC(COC(SCCCCC)C(O)(P=O)C(=O)O)CSC1CCCCC1. The molecule has 212 valence electrons. The Bertz CT molecular complexity index is 564. The van der Waals surface area contributed by atoms with Gasteiger partial charge in [-0.25, -0.2) is 4.79 Å². The molecule has 0 heterocycles. The van der Waals surface area contributed by atoms with Crippen LogP contribution in [0.15, 0.2) is 0 Å². The molecule has 0 bridgehead atoms. The smallest absolute Gasteiger partial charge is 0.351 e. The highest BCUT2D eigenvalue weighted by atomic mass is 32.2. The summed E-state index contributed by atoms with van der Waals surface area (Å²) in [7, 11) is -0.858. The van der Waals surface area contributed by atoms with Gasteiger partial charge in [-0.1, -0.05) is 90.9 Å². The number of unbranched alkanes of at least 4 members (excludes halogenated alkanes) is 9. The van der Waals surface area contributed by atoms with Crippen LogP contribution in [-0.4, -0.2) is 63.0 Å². The summed E-state index contributed by atoms with van der Waals surface area (Å²) in [6.07, 6.45) is 19.0. The molecule has 0 saturated heterocycles. The summed E-state index contributed by atoms with van der Waals surface area (Å²) in [5.41, 5.74) is -1.11. The second-order valence-electron chi connectivity index (χ2n) is 9.93. The third kappa shape index (κ3) is 14.9. The van der Waals surface area contributed by atoms with Crippen molar-refractivity contribution in [1.29, 1.82) is 0 Å². The van der Waals surface area contributed by atoms with Crippen LogP contribution in [0, 0.1) is 0 Å². The fraction of sp³-hybridized carbons (Fsp3) is 0.963. The summed E-state index contributed by atoms with van der Waals surface area (Å²) in [6, 6.07) is 0. The van der Waals surface area contributed by atoms with Gasteiger partial charge >= 0.3 is 5.97 Å². The molecular weight excluding hydrogens is 515 g/mol. The van der Waals surface area contributed by atoms with Gasteiger partial charge in [-0.15, -0.1) is 11.8 Å². The van der Waals surface area contributed by atoms with Crippen LogP contribution in [0.3, 0.4) is 0 Å². The zero-order valence-electron chi connectivity index (χ0n) is 22.7. The summed E-state index contributed by atoms with van der Waals surface area (Å²) in [6.45, 7) is 5.18. The molecule has 1 aliphatic carbocycles. The highest BCUT2D eigenvalue weighted by Gasteiger charge is 2.47. The minimum absolute atomic E-state index is 0.179. The van der Waals surface area contributed by atoms with E-state index in [1.165, 1.54) is 82.4 Å². The molecular formula is C27H51O6PS2. The normalized spacial score (nSPS) is 18.2. The number of aliphatic hydroxyl groups is 1. The molecule has 0 aromatic rings. The van der Waals surface area contributed by atoms with Crippen molar-refractivity contribution in [2.24, 2.45) is 0 Å². The first-order chi connectivity index (χ1) is 17.5. The molecule has 1 saturated carbocycles. The molecule has 0 aliphatic heterocycles. The van der Waals surface area contributed by atoms with E-state index in [9.17, 15) is 19.6 Å². The van der Waals surface area contributed by atoms with E-state index in [1.54, 1.807) is 0 Å². The van der Waals surface area contributed by atoms with Gasteiger partial charge < -0.3 is 19.7 Å². The predicted octanol–water partition coefficient (Wildman–Crippen LogP) is 7.91. The lowest BCUT2D eigenvalue weighted by molar-refractivity contribution is -0.157. The molecule has 2 N–H and O–H groups in total. The molecule has 9 heteroatoms. The van der Waals surface area contributed by atoms with Gasteiger partial charge in [0.1, 0.15) is 0 Å². The first kappa shape index (κ1) is 34.2. The number of carboxylic acid groups (broad SMARTS) is 1. The Morgan fingerprint density at radius 3 is 2.17 bits per heavy atom. The maximum absolute atomic E-state index is 11.7. The minimum Gasteiger partial charge on any atom is -0.478 e. The Labute approximate surface area is 230 Å². The Kier molecular flexibility index (Phi) is 20.9. The third-order valence-electron chi connectivity index (χ3n) is 6.65. The average molecular weight is 567 g/mol. The molecule has 0 amide bonds. The Hall–Kier alpha value is 0.150. The van der Waals surface area contributed by atoms with E-state index in [0.717, 1.165) is 37.9 Å². The standard InChI is InChI=1S/C27H51O6PS2/c1-3-5-7-8-9-10-11-15-19-32-23(22-36-24-17-13-12-14-18-24)21-33-26(35-20-16-6-4-2)27(30,34-31)25(28)29/h23-24,26,30H,3-22H2,1-2H3,(H,28,29). The summed E-state index contributed by atoms with van der Waals surface area (Å²) in [5, 5.41) is 18.3. The summed E-state index contributed by atoms with van der Waals surface area (Å²) in [4.78, 5) is 11.7. The van der Waals surface area contributed by atoms with Gasteiger partial charge in [-0.2, -0.15) is 11.8 Å². The quantitative estimate of drug-likeness (QED) is 0.0692. The molecule has 6 nitrogen and oxygen atoms in total.